The van der Waals surface area contributed by atoms with Gasteiger partial charge in [-0.15, -0.1) is 0 Å². The number of nitrogens with zero attached hydrogens (tertiary/aromatic N) is 2. The van der Waals surface area contributed by atoms with Gasteiger partial charge in [-0.2, -0.15) is 0 Å². The van der Waals surface area contributed by atoms with E-state index in [1.807, 2.05) is 24.3 Å². The van der Waals surface area contributed by atoms with Gasteiger partial charge in [-0.25, -0.2) is 9.78 Å². The molecule has 2 aromatic rings. The number of benzene rings is 1. The van der Waals surface area contributed by atoms with Crippen LogP contribution < -0.4 is 5.32 Å². The van der Waals surface area contributed by atoms with E-state index in [0.29, 0.717) is 6.42 Å². The fourth-order valence-corrected chi connectivity index (χ4v) is 1.79. The number of rotatable bonds is 0. The highest BCUT2D eigenvalue weighted by molar-refractivity contribution is 5.93. The van der Waals surface area contributed by atoms with Gasteiger partial charge in [-0.3, -0.25) is 4.57 Å². The Kier molecular flexibility index (Phi) is 1.62. The number of fused-ring (bicyclic) bond motifs is 2. The van der Waals surface area contributed by atoms with Gasteiger partial charge in [0.15, 0.2) is 0 Å². The van der Waals surface area contributed by atoms with E-state index < -0.39 is 0 Å². The second-order valence-corrected chi connectivity index (χ2v) is 3.48. The van der Waals surface area contributed by atoms with Crippen molar-refractivity contribution in [2.24, 2.45) is 0 Å². The highest BCUT2D eigenvalue weighted by Crippen LogP contribution is 2.21. The first-order valence-electron chi connectivity index (χ1n) is 4.76. The maximum Gasteiger partial charge on any atom is 0.331 e. The smallest absolute Gasteiger partial charge is 0.307 e. The Morgan fingerprint density at radius 3 is 3.13 bits per heavy atom. The number of carbonyl (C=O) groups is 1. The summed E-state index contributed by atoms with van der Waals surface area (Å²) in [4.78, 5) is 15.9. The van der Waals surface area contributed by atoms with Gasteiger partial charge in [0.1, 0.15) is 5.82 Å². The highest BCUT2D eigenvalue weighted by atomic mass is 16.2. The third-order valence-corrected chi connectivity index (χ3v) is 2.54. The predicted octanol–water partition coefficient (Wildman–Crippen LogP) is 1.87. The van der Waals surface area contributed by atoms with Gasteiger partial charge < -0.3 is 5.32 Å². The molecule has 0 saturated heterocycles. The van der Waals surface area contributed by atoms with Gasteiger partial charge in [0, 0.05) is 24.5 Å². The zero-order valence-corrected chi connectivity index (χ0v) is 7.97. The van der Waals surface area contributed by atoms with Crippen LogP contribution in [0.1, 0.15) is 11.4 Å². The second kappa shape index (κ2) is 2.95. The number of imidazole rings is 1. The summed E-state index contributed by atoms with van der Waals surface area (Å²) in [5.74, 6) is 0.775. The molecule has 0 unspecified atom stereocenters. The molecule has 0 spiro atoms. The van der Waals surface area contributed by atoms with Crippen molar-refractivity contribution >= 4 is 11.7 Å². The summed E-state index contributed by atoms with van der Waals surface area (Å²) in [6, 6.07) is 7.63. The van der Waals surface area contributed by atoms with Crippen LogP contribution in [-0.2, 0) is 6.42 Å². The molecular formula is C11H9N3O. The van der Waals surface area contributed by atoms with E-state index in [-0.39, 0.29) is 6.03 Å². The Morgan fingerprint density at radius 2 is 2.20 bits per heavy atom. The number of hydrogen-bond donors (Lipinski definition) is 1. The van der Waals surface area contributed by atoms with Gasteiger partial charge in [-0.05, 0) is 11.6 Å². The Morgan fingerprint density at radius 1 is 1.33 bits per heavy atom. The van der Waals surface area contributed by atoms with Crippen LogP contribution in [0.3, 0.4) is 0 Å². The standard InChI is InChI=1S/C11H9N3O/c15-11-13-9-4-2-1-3-8(9)7-10-12-5-6-14(10)11/h1-6H,7H2,(H,13,15). The Bertz CT molecular complexity index is 530. The number of amides is 1. The summed E-state index contributed by atoms with van der Waals surface area (Å²) in [7, 11) is 0. The molecule has 1 aromatic carbocycles. The van der Waals surface area contributed by atoms with E-state index in [9.17, 15) is 4.79 Å². The monoisotopic (exact) mass is 199 g/mol. The molecule has 4 heteroatoms. The lowest BCUT2D eigenvalue weighted by atomic mass is 10.1. The van der Waals surface area contributed by atoms with Gasteiger partial charge in [0.25, 0.3) is 0 Å². The van der Waals surface area contributed by atoms with Crippen LogP contribution in [0, 0.1) is 0 Å². The van der Waals surface area contributed by atoms with E-state index in [0.717, 1.165) is 17.1 Å². The van der Waals surface area contributed by atoms with Crippen LogP contribution in [0.5, 0.6) is 0 Å². The molecule has 15 heavy (non-hydrogen) atoms. The maximum atomic E-state index is 11.7. The molecule has 74 valence electrons. The Hall–Kier alpha value is -2.10. The van der Waals surface area contributed by atoms with Crippen molar-refractivity contribution in [1.29, 1.82) is 0 Å². The zero-order chi connectivity index (χ0) is 10.3. The van der Waals surface area contributed by atoms with Crippen molar-refractivity contribution in [3.8, 4) is 0 Å². The fourth-order valence-electron chi connectivity index (χ4n) is 1.79. The van der Waals surface area contributed by atoms with Crippen LogP contribution in [0.25, 0.3) is 0 Å². The van der Waals surface area contributed by atoms with Crippen LogP contribution in [0.2, 0.25) is 0 Å². The zero-order valence-electron chi connectivity index (χ0n) is 7.97. The van der Waals surface area contributed by atoms with E-state index in [1.54, 1.807) is 17.0 Å². The molecule has 3 rings (SSSR count). The normalized spacial score (nSPS) is 13.7. The van der Waals surface area contributed by atoms with Gasteiger partial charge >= 0.3 is 6.03 Å². The molecule has 0 bridgehead atoms. The van der Waals surface area contributed by atoms with E-state index in [1.165, 1.54) is 0 Å². The summed E-state index contributed by atoms with van der Waals surface area (Å²) < 4.78 is 1.54. The lowest BCUT2D eigenvalue weighted by Crippen LogP contribution is -2.18. The van der Waals surface area contributed by atoms with E-state index in [2.05, 4.69) is 10.3 Å². The third-order valence-electron chi connectivity index (χ3n) is 2.54. The van der Waals surface area contributed by atoms with Crippen molar-refractivity contribution < 1.29 is 4.79 Å². The molecular weight excluding hydrogens is 190 g/mol. The average molecular weight is 199 g/mol. The summed E-state index contributed by atoms with van der Waals surface area (Å²) >= 11 is 0. The number of para-hydroxylation sites is 1. The molecule has 0 radical (unpaired) electrons. The van der Waals surface area contributed by atoms with Crippen molar-refractivity contribution in [3.63, 3.8) is 0 Å². The molecule has 1 N–H and O–H groups in total. The van der Waals surface area contributed by atoms with Crippen molar-refractivity contribution in [3.05, 3.63) is 48.0 Å². The largest absolute Gasteiger partial charge is 0.331 e. The lowest BCUT2D eigenvalue weighted by molar-refractivity contribution is 0.253. The Balaban J connectivity index is 2.18. The minimum absolute atomic E-state index is 0.146. The first-order chi connectivity index (χ1) is 7.34. The first-order valence-corrected chi connectivity index (χ1v) is 4.76. The molecule has 4 nitrogen and oxygen atoms in total. The van der Waals surface area contributed by atoms with Crippen LogP contribution in [0.4, 0.5) is 10.5 Å². The number of aromatic nitrogens is 2. The minimum Gasteiger partial charge on any atom is -0.307 e. The molecule has 0 aliphatic carbocycles. The summed E-state index contributed by atoms with van der Waals surface area (Å²) in [6.07, 6.45) is 4.00. The van der Waals surface area contributed by atoms with Crippen molar-refractivity contribution in [2.45, 2.75) is 6.42 Å². The molecule has 2 heterocycles. The van der Waals surface area contributed by atoms with Gasteiger partial charge in [0.2, 0.25) is 0 Å². The molecule has 0 atom stereocenters. The lowest BCUT2D eigenvalue weighted by Gasteiger charge is -2.04. The van der Waals surface area contributed by atoms with Crippen molar-refractivity contribution in [1.82, 2.24) is 9.55 Å². The van der Waals surface area contributed by atoms with Gasteiger partial charge in [0.05, 0.1) is 0 Å². The molecule has 1 amide bonds. The van der Waals surface area contributed by atoms with Crippen LogP contribution in [0.15, 0.2) is 36.7 Å². The highest BCUT2D eigenvalue weighted by Gasteiger charge is 2.17. The molecule has 0 saturated carbocycles. The predicted molar refractivity (Wildman–Crippen MR) is 55.9 cm³/mol. The summed E-state index contributed by atoms with van der Waals surface area (Å²) in [6.45, 7) is 0. The van der Waals surface area contributed by atoms with Crippen LogP contribution >= 0.6 is 0 Å². The Labute approximate surface area is 86.6 Å². The second-order valence-electron chi connectivity index (χ2n) is 3.48. The van der Waals surface area contributed by atoms with E-state index >= 15 is 0 Å². The summed E-state index contributed by atoms with van der Waals surface area (Å²) in [5, 5.41) is 2.85. The number of hydrogen-bond acceptors (Lipinski definition) is 2. The average Bonchev–Trinajstić information content (AvgIpc) is 2.64. The number of nitrogens with one attached hydrogen (secondary N) is 1. The maximum absolute atomic E-state index is 11.7. The first kappa shape index (κ1) is 8.23. The number of carbonyl (C=O) groups excluding carboxylic acids is 1. The SMILES string of the molecule is O=C1Nc2ccccc2Cc2nccn21. The molecule has 1 aliphatic rings. The van der Waals surface area contributed by atoms with E-state index in [4.69, 9.17) is 0 Å². The minimum atomic E-state index is -0.146. The quantitative estimate of drug-likeness (QED) is 0.704. The molecule has 1 aliphatic heterocycles. The third kappa shape index (κ3) is 1.22. The topological polar surface area (TPSA) is 46.9 Å². The van der Waals surface area contributed by atoms with Crippen molar-refractivity contribution in [2.75, 3.05) is 5.32 Å². The van der Waals surface area contributed by atoms with Crippen LogP contribution in [-0.4, -0.2) is 15.6 Å². The van der Waals surface area contributed by atoms with Gasteiger partial charge in [-0.1, -0.05) is 18.2 Å². The molecule has 0 fully saturated rings. The fraction of sp³-hybridized carbons (Fsp3) is 0.0909. The summed E-state index contributed by atoms with van der Waals surface area (Å²) in [5.41, 5.74) is 1.96. The number of anilines is 1. The molecule has 1 aromatic heterocycles.